The molecular formula is C9H3ClINS. The highest BCUT2D eigenvalue weighted by atomic mass is 127. The molecule has 0 radical (unpaired) electrons. The number of fused-ring (bicyclic) bond motifs is 1. The fraction of sp³-hybridized carbons (Fsp3) is 0. The van der Waals surface area contributed by atoms with Crippen LogP contribution in [0.5, 0.6) is 0 Å². The molecule has 1 aromatic heterocycles. The van der Waals surface area contributed by atoms with E-state index in [2.05, 4.69) is 28.7 Å². The van der Waals surface area contributed by atoms with Gasteiger partial charge in [-0.25, -0.2) is 0 Å². The van der Waals surface area contributed by atoms with Crippen molar-refractivity contribution in [2.24, 2.45) is 0 Å². The van der Waals surface area contributed by atoms with Crippen LogP contribution in [0, 0.1) is 14.9 Å². The number of nitriles is 1. The molecule has 0 atom stereocenters. The number of rotatable bonds is 0. The number of thiophene rings is 1. The summed E-state index contributed by atoms with van der Waals surface area (Å²) in [5, 5.41) is 9.89. The number of hydrogen-bond donors (Lipinski definition) is 0. The Morgan fingerprint density at radius 3 is 2.92 bits per heavy atom. The molecule has 0 aliphatic heterocycles. The third kappa shape index (κ3) is 1.43. The summed E-state index contributed by atoms with van der Waals surface area (Å²) in [6.07, 6.45) is 0. The lowest BCUT2D eigenvalue weighted by molar-refractivity contribution is 1.51. The van der Waals surface area contributed by atoms with Crippen LogP contribution in [0.2, 0.25) is 4.34 Å². The van der Waals surface area contributed by atoms with Gasteiger partial charge in [0.05, 0.1) is 5.56 Å². The lowest BCUT2D eigenvalue weighted by atomic mass is 10.2. The van der Waals surface area contributed by atoms with Crippen LogP contribution in [-0.2, 0) is 0 Å². The average molecular weight is 320 g/mol. The molecule has 0 fully saturated rings. The second kappa shape index (κ2) is 3.45. The highest BCUT2D eigenvalue weighted by molar-refractivity contribution is 14.1. The van der Waals surface area contributed by atoms with Crippen molar-refractivity contribution in [1.82, 2.24) is 0 Å². The van der Waals surface area contributed by atoms with E-state index in [4.69, 9.17) is 16.9 Å². The Bertz CT molecular complexity index is 512. The number of nitrogens with zero attached hydrogens (tertiary/aromatic N) is 1. The monoisotopic (exact) mass is 319 g/mol. The van der Waals surface area contributed by atoms with Gasteiger partial charge in [0.2, 0.25) is 0 Å². The summed E-state index contributed by atoms with van der Waals surface area (Å²) >= 11 is 9.61. The summed E-state index contributed by atoms with van der Waals surface area (Å²) in [7, 11) is 0. The van der Waals surface area contributed by atoms with E-state index in [0.717, 1.165) is 13.7 Å². The summed E-state index contributed by atoms with van der Waals surface area (Å²) in [6, 6.07) is 8.06. The maximum absolute atomic E-state index is 8.90. The molecule has 0 spiro atoms. The first-order chi connectivity index (χ1) is 6.24. The zero-order valence-electron chi connectivity index (χ0n) is 6.34. The fourth-order valence-corrected chi connectivity index (χ4v) is 3.42. The molecule has 1 aromatic carbocycles. The van der Waals surface area contributed by atoms with Gasteiger partial charge in [0.1, 0.15) is 10.4 Å². The standard InChI is InChI=1S/C9H3ClINS/c10-9-5(4-12)8-6(11)2-1-3-7(8)13-9/h1-3H. The van der Waals surface area contributed by atoms with E-state index in [9.17, 15) is 0 Å². The minimum Gasteiger partial charge on any atom is -0.192 e. The molecule has 2 aromatic rings. The summed E-state index contributed by atoms with van der Waals surface area (Å²) in [5.41, 5.74) is 0.603. The predicted octanol–water partition coefficient (Wildman–Crippen LogP) is 4.03. The van der Waals surface area contributed by atoms with Crippen LogP contribution in [-0.4, -0.2) is 0 Å². The molecule has 2 rings (SSSR count). The topological polar surface area (TPSA) is 23.8 Å². The lowest BCUT2D eigenvalue weighted by Crippen LogP contribution is -1.75. The van der Waals surface area contributed by atoms with Gasteiger partial charge in [0, 0.05) is 13.7 Å². The molecule has 13 heavy (non-hydrogen) atoms. The van der Waals surface area contributed by atoms with E-state index >= 15 is 0 Å². The molecule has 0 N–H and O–H groups in total. The normalized spacial score (nSPS) is 10.2. The van der Waals surface area contributed by atoms with Crippen LogP contribution in [0.25, 0.3) is 10.1 Å². The second-order valence-corrected chi connectivity index (χ2v) is 5.29. The second-order valence-electron chi connectivity index (χ2n) is 2.48. The molecule has 0 unspecified atom stereocenters. The zero-order valence-corrected chi connectivity index (χ0v) is 10.1. The Morgan fingerprint density at radius 1 is 1.46 bits per heavy atom. The summed E-state index contributed by atoms with van der Waals surface area (Å²) < 4.78 is 2.74. The van der Waals surface area contributed by atoms with Gasteiger partial charge in [-0.15, -0.1) is 11.3 Å². The first kappa shape index (κ1) is 9.25. The highest BCUT2D eigenvalue weighted by Gasteiger charge is 2.11. The van der Waals surface area contributed by atoms with E-state index in [1.54, 1.807) is 0 Å². The molecule has 1 heterocycles. The smallest absolute Gasteiger partial charge is 0.112 e. The van der Waals surface area contributed by atoms with E-state index in [0.29, 0.717) is 9.90 Å². The van der Waals surface area contributed by atoms with Crippen LogP contribution in [0.3, 0.4) is 0 Å². The van der Waals surface area contributed by atoms with Crippen molar-refractivity contribution in [2.75, 3.05) is 0 Å². The predicted molar refractivity (Wildman–Crippen MR) is 64.3 cm³/mol. The van der Waals surface area contributed by atoms with Gasteiger partial charge >= 0.3 is 0 Å². The highest BCUT2D eigenvalue weighted by Crippen LogP contribution is 2.36. The van der Waals surface area contributed by atoms with E-state index in [-0.39, 0.29) is 0 Å². The quantitative estimate of drug-likeness (QED) is 0.673. The minimum atomic E-state index is 0.585. The number of benzene rings is 1. The summed E-state index contributed by atoms with van der Waals surface area (Å²) in [4.78, 5) is 0. The molecule has 0 saturated heterocycles. The third-order valence-electron chi connectivity index (χ3n) is 1.73. The molecule has 4 heteroatoms. The maximum Gasteiger partial charge on any atom is 0.112 e. The van der Waals surface area contributed by atoms with E-state index in [1.165, 1.54) is 11.3 Å². The third-order valence-corrected chi connectivity index (χ3v) is 4.00. The van der Waals surface area contributed by atoms with Gasteiger partial charge in [0.25, 0.3) is 0 Å². The average Bonchev–Trinajstić information content (AvgIpc) is 2.42. The van der Waals surface area contributed by atoms with Crippen molar-refractivity contribution in [1.29, 1.82) is 5.26 Å². The Morgan fingerprint density at radius 2 is 2.23 bits per heavy atom. The molecular weight excluding hydrogens is 317 g/mol. The molecule has 0 aliphatic rings. The molecule has 1 nitrogen and oxygen atoms in total. The zero-order chi connectivity index (χ0) is 9.42. The molecule has 0 aliphatic carbocycles. The fourth-order valence-electron chi connectivity index (χ4n) is 1.18. The van der Waals surface area contributed by atoms with Crippen LogP contribution < -0.4 is 0 Å². The Kier molecular flexibility index (Phi) is 2.45. The van der Waals surface area contributed by atoms with Gasteiger partial charge in [-0.3, -0.25) is 0 Å². The van der Waals surface area contributed by atoms with Crippen molar-refractivity contribution >= 4 is 55.6 Å². The van der Waals surface area contributed by atoms with E-state index < -0.39 is 0 Å². The van der Waals surface area contributed by atoms with Crippen LogP contribution in [0.15, 0.2) is 18.2 Å². The van der Waals surface area contributed by atoms with Gasteiger partial charge in [-0.05, 0) is 34.7 Å². The summed E-state index contributed by atoms with van der Waals surface area (Å²) in [6.45, 7) is 0. The van der Waals surface area contributed by atoms with E-state index in [1.807, 2.05) is 18.2 Å². The van der Waals surface area contributed by atoms with Crippen molar-refractivity contribution in [3.63, 3.8) is 0 Å². The van der Waals surface area contributed by atoms with Gasteiger partial charge in [-0.1, -0.05) is 17.7 Å². The van der Waals surface area contributed by atoms with Gasteiger partial charge in [-0.2, -0.15) is 5.26 Å². The van der Waals surface area contributed by atoms with Crippen molar-refractivity contribution < 1.29 is 0 Å². The maximum atomic E-state index is 8.90. The Balaban J connectivity index is 2.99. The van der Waals surface area contributed by atoms with Crippen molar-refractivity contribution in [2.45, 2.75) is 0 Å². The van der Waals surface area contributed by atoms with Crippen LogP contribution >= 0.6 is 45.5 Å². The molecule has 0 amide bonds. The largest absolute Gasteiger partial charge is 0.192 e. The Labute approximate surface area is 98.1 Å². The molecule has 0 bridgehead atoms. The first-order valence-corrected chi connectivity index (χ1v) is 5.78. The number of hydrogen-bond acceptors (Lipinski definition) is 2. The van der Waals surface area contributed by atoms with Gasteiger partial charge in [0.15, 0.2) is 0 Å². The van der Waals surface area contributed by atoms with Crippen LogP contribution in [0.1, 0.15) is 5.56 Å². The SMILES string of the molecule is N#Cc1c(Cl)sc2cccc(I)c12. The molecule has 0 saturated carbocycles. The van der Waals surface area contributed by atoms with Crippen LogP contribution in [0.4, 0.5) is 0 Å². The Hall–Kier alpha value is -0.310. The molecule has 64 valence electrons. The van der Waals surface area contributed by atoms with Gasteiger partial charge < -0.3 is 0 Å². The first-order valence-electron chi connectivity index (χ1n) is 3.50. The van der Waals surface area contributed by atoms with Crippen molar-refractivity contribution in [3.05, 3.63) is 31.7 Å². The summed E-state index contributed by atoms with van der Waals surface area (Å²) in [5.74, 6) is 0. The number of halogens is 2. The minimum absolute atomic E-state index is 0.585. The lowest BCUT2D eigenvalue weighted by Gasteiger charge is -1.92. The van der Waals surface area contributed by atoms with Crippen molar-refractivity contribution in [3.8, 4) is 6.07 Å².